The molecule has 0 amide bonds. The van der Waals surface area contributed by atoms with E-state index >= 15 is 0 Å². The van der Waals surface area contributed by atoms with Crippen molar-refractivity contribution in [2.75, 3.05) is 18.0 Å². The third-order valence-corrected chi connectivity index (χ3v) is 6.58. The molecule has 0 bridgehead atoms. The number of halogens is 1. The molecule has 27 heavy (non-hydrogen) atoms. The second kappa shape index (κ2) is 7.54. The maximum absolute atomic E-state index is 13.0. The van der Waals surface area contributed by atoms with Crippen LogP contribution in [-0.2, 0) is 10.0 Å². The first kappa shape index (κ1) is 19.7. The standard InChI is InChI=1S/C20H23N3O2S.ClH/c1-15-13-22(14-16(2)21-15)19-9-6-10-20-18(19)11-12-23(20)26(24,25)17-7-4-3-5-8-17;/h3-12,15-16,21H,13-14H2,1-2H3;1H/t15-,16+;. The second-order valence-corrected chi connectivity index (χ2v) is 8.83. The molecule has 0 spiro atoms. The van der Waals surface area contributed by atoms with E-state index in [4.69, 9.17) is 0 Å². The highest BCUT2D eigenvalue weighted by Gasteiger charge is 2.24. The van der Waals surface area contributed by atoms with Gasteiger partial charge in [0.1, 0.15) is 0 Å². The molecule has 2 atom stereocenters. The number of nitrogens with zero attached hydrogens (tertiary/aromatic N) is 2. The Labute approximate surface area is 166 Å². The van der Waals surface area contributed by atoms with Gasteiger partial charge < -0.3 is 10.2 Å². The minimum Gasteiger partial charge on any atom is -0.368 e. The quantitative estimate of drug-likeness (QED) is 0.724. The molecule has 0 saturated carbocycles. The van der Waals surface area contributed by atoms with Gasteiger partial charge in [-0.2, -0.15) is 0 Å². The second-order valence-electron chi connectivity index (χ2n) is 7.01. The van der Waals surface area contributed by atoms with E-state index in [2.05, 4.69) is 30.1 Å². The normalized spacial score (nSPS) is 20.4. The Kier molecular flexibility index (Phi) is 5.51. The Morgan fingerprint density at radius 3 is 2.26 bits per heavy atom. The zero-order valence-corrected chi connectivity index (χ0v) is 17.0. The largest absolute Gasteiger partial charge is 0.368 e. The number of aromatic nitrogens is 1. The van der Waals surface area contributed by atoms with Crippen molar-refractivity contribution in [2.24, 2.45) is 0 Å². The summed E-state index contributed by atoms with van der Waals surface area (Å²) in [5, 5.41) is 4.50. The molecule has 7 heteroatoms. The van der Waals surface area contributed by atoms with Crippen molar-refractivity contribution in [3.63, 3.8) is 0 Å². The van der Waals surface area contributed by atoms with Gasteiger partial charge in [0.15, 0.2) is 0 Å². The Morgan fingerprint density at radius 2 is 1.59 bits per heavy atom. The molecule has 2 aromatic carbocycles. The van der Waals surface area contributed by atoms with Gasteiger partial charge in [0.25, 0.3) is 10.0 Å². The molecular weight excluding hydrogens is 382 g/mol. The Bertz CT molecular complexity index is 1020. The van der Waals surface area contributed by atoms with Crippen molar-refractivity contribution in [1.29, 1.82) is 0 Å². The number of hydrogen-bond donors (Lipinski definition) is 1. The van der Waals surface area contributed by atoms with Crippen LogP contribution in [0.4, 0.5) is 5.69 Å². The van der Waals surface area contributed by atoms with E-state index in [1.807, 2.05) is 24.3 Å². The molecule has 144 valence electrons. The monoisotopic (exact) mass is 405 g/mol. The molecule has 1 fully saturated rings. The Hall–Kier alpha value is -2.02. The number of nitrogens with one attached hydrogen (secondary N) is 1. The van der Waals surface area contributed by atoms with Crippen molar-refractivity contribution in [1.82, 2.24) is 9.29 Å². The third kappa shape index (κ3) is 3.57. The van der Waals surface area contributed by atoms with Crippen LogP contribution in [0, 0.1) is 0 Å². The van der Waals surface area contributed by atoms with E-state index in [1.165, 1.54) is 3.97 Å². The lowest BCUT2D eigenvalue weighted by atomic mass is 10.1. The fraction of sp³-hybridized carbons (Fsp3) is 0.300. The van der Waals surface area contributed by atoms with Gasteiger partial charge in [0.2, 0.25) is 0 Å². The number of piperazine rings is 1. The number of fused-ring (bicyclic) bond motifs is 1. The van der Waals surface area contributed by atoms with Gasteiger partial charge in [-0.3, -0.25) is 0 Å². The first-order valence-corrected chi connectivity index (χ1v) is 10.3. The van der Waals surface area contributed by atoms with E-state index in [-0.39, 0.29) is 12.4 Å². The predicted molar refractivity (Wildman–Crippen MR) is 112 cm³/mol. The van der Waals surface area contributed by atoms with Crippen molar-refractivity contribution >= 4 is 39.0 Å². The van der Waals surface area contributed by atoms with Crippen LogP contribution in [0.5, 0.6) is 0 Å². The van der Waals surface area contributed by atoms with Crippen LogP contribution < -0.4 is 10.2 Å². The highest BCUT2D eigenvalue weighted by atomic mass is 35.5. The van der Waals surface area contributed by atoms with Crippen molar-refractivity contribution in [3.8, 4) is 0 Å². The van der Waals surface area contributed by atoms with Crippen LogP contribution in [0.3, 0.4) is 0 Å². The number of anilines is 1. The summed E-state index contributed by atoms with van der Waals surface area (Å²) in [5.74, 6) is 0. The number of hydrogen-bond acceptors (Lipinski definition) is 4. The highest BCUT2D eigenvalue weighted by molar-refractivity contribution is 7.90. The van der Waals surface area contributed by atoms with Gasteiger partial charge >= 0.3 is 0 Å². The SMILES string of the molecule is C[C@@H]1CN(c2cccc3c2ccn3S(=O)(=O)c2ccccc2)C[C@H](C)N1.Cl. The van der Waals surface area contributed by atoms with E-state index in [1.54, 1.807) is 30.5 Å². The van der Waals surface area contributed by atoms with Crippen LogP contribution in [0.15, 0.2) is 65.7 Å². The van der Waals surface area contributed by atoms with Gasteiger partial charge in [0, 0.05) is 42.4 Å². The summed E-state index contributed by atoms with van der Waals surface area (Å²) in [6, 6.07) is 17.1. The van der Waals surface area contributed by atoms with E-state index < -0.39 is 10.0 Å². The number of benzene rings is 2. The molecular formula is C20H24ClN3O2S. The molecule has 1 aliphatic heterocycles. The molecule has 1 aromatic heterocycles. The molecule has 2 heterocycles. The maximum Gasteiger partial charge on any atom is 0.268 e. The van der Waals surface area contributed by atoms with Crippen molar-refractivity contribution in [2.45, 2.75) is 30.8 Å². The molecule has 5 nitrogen and oxygen atoms in total. The zero-order chi connectivity index (χ0) is 18.3. The molecule has 0 radical (unpaired) electrons. The first-order chi connectivity index (χ1) is 12.5. The lowest BCUT2D eigenvalue weighted by Crippen LogP contribution is -2.54. The molecule has 1 aliphatic rings. The van der Waals surface area contributed by atoms with Crippen LogP contribution in [-0.4, -0.2) is 37.6 Å². The first-order valence-electron chi connectivity index (χ1n) is 8.88. The molecule has 1 saturated heterocycles. The maximum atomic E-state index is 13.0. The van der Waals surface area contributed by atoms with Crippen LogP contribution in [0.1, 0.15) is 13.8 Å². The van der Waals surface area contributed by atoms with Crippen LogP contribution >= 0.6 is 12.4 Å². The molecule has 0 aliphatic carbocycles. The average molecular weight is 406 g/mol. The summed E-state index contributed by atoms with van der Waals surface area (Å²) < 4.78 is 27.5. The van der Waals surface area contributed by atoms with Crippen molar-refractivity contribution < 1.29 is 8.42 Å². The van der Waals surface area contributed by atoms with Crippen LogP contribution in [0.25, 0.3) is 10.9 Å². The van der Waals surface area contributed by atoms with Gasteiger partial charge in [-0.25, -0.2) is 12.4 Å². The van der Waals surface area contributed by atoms with Gasteiger partial charge in [0.05, 0.1) is 10.4 Å². The molecule has 3 aromatic rings. The average Bonchev–Trinajstić information content (AvgIpc) is 3.06. The van der Waals surface area contributed by atoms with Gasteiger partial charge in [-0.1, -0.05) is 24.3 Å². The van der Waals surface area contributed by atoms with Gasteiger partial charge in [-0.15, -0.1) is 12.4 Å². The summed E-state index contributed by atoms with van der Waals surface area (Å²) >= 11 is 0. The van der Waals surface area contributed by atoms with Gasteiger partial charge in [-0.05, 0) is 44.2 Å². The summed E-state index contributed by atoms with van der Waals surface area (Å²) in [6.45, 7) is 6.15. The van der Waals surface area contributed by atoms with Crippen LogP contribution in [0.2, 0.25) is 0 Å². The Balaban J connectivity index is 0.00000210. The molecule has 1 N–H and O–H groups in total. The fourth-order valence-electron chi connectivity index (χ4n) is 3.84. The lowest BCUT2D eigenvalue weighted by molar-refractivity contribution is 0.407. The highest BCUT2D eigenvalue weighted by Crippen LogP contribution is 2.31. The minimum absolute atomic E-state index is 0. The lowest BCUT2D eigenvalue weighted by Gasteiger charge is -2.38. The summed E-state index contributed by atoms with van der Waals surface area (Å²) in [7, 11) is -3.61. The molecule has 4 rings (SSSR count). The summed E-state index contributed by atoms with van der Waals surface area (Å²) in [6.07, 6.45) is 1.66. The van der Waals surface area contributed by atoms with E-state index in [0.29, 0.717) is 22.5 Å². The van der Waals surface area contributed by atoms with E-state index in [9.17, 15) is 8.42 Å². The topological polar surface area (TPSA) is 54.3 Å². The van der Waals surface area contributed by atoms with Crippen molar-refractivity contribution in [3.05, 3.63) is 60.8 Å². The van der Waals surface area contributed by atoms with E-state index in [0.717, 1.165) is 24.2 Å². The smallest absolute Gasteiger partial charge is 0.268 e. The summed E-state index contributed by atoms with van der Waals surface area (Å²) in [4.78, 5) is 2.64. The fourth-order valence-corrected chi connectivity index (χ4v) is 5.21. The zero-order valence-electron chi connectivity index (χ0n) is 15.4. The minimum atomic E-state index is -3.61. The predicted octanol–water partition coefficient (Wildman–Crippen LogP) is 3.49. The Morgan fingerprint density at radius 1 is 0.926 bits per heavy atom. The third-order valence-electron chi connectivity index (χ3n) is 4.87. The number of rotatable bonds is 3. The molecule has 0 unspecified atom stereocenters. The summed E-state index contributed by atoms with van der Waals surface area (Å²) in [5.41, 5.74) is 1.80.